The lowest BCUT2D eigenvalue weighted by molar-refractivity contribution is -0.150. The molecule has 5 heteroatoms. The standard InChI is InChI=1S/C16H21NO4/c1-21-9-10-4-6-17(7-5-10)15(18)13-11-2-3-12(8-11)14(13)16(19)20/h2-4,11-14H,5-9H2,1H3,(H,19,20). The molecule has 4 unspecified atom stereocenters. The molecule has 21 heavy (non-hydrogen) atoms. The predicted octanol–water partition coefficient (Wildman–Crippen LogP) is 1.31. The molecule has 0 aromatic rings. The highest BCUT2D eigenvalue weighted by Gasteiger charge is 2.52. The highest BCUT2D eigenvalue weighted by molar-refractivity contribution is 5.87. The molecular weight excluding hydrogens is 270 g/mol. The molecule has 2 bridgehead atoms. The second-order valence-electron chi connectivity index (χ2n) is 6.17. The fourth-order valence-electron chi connectivity index (χ4n) is 3.93. The van der Waals surface area contributed by atoms with Crippen LogP contribution in [0.25, 0.3) is 0 Å². The molecular formula is C16H21NO4. The lowest BCUT2D eigenvalue weighted by Crippen LogP contribution is -2.44. The Balaban J connectivity index is 1.71. The first kappa shape index (κ1) is 14.3. The normalized spacial score (nSPS) is 34.1. The predicted molar refractivity (Wildman–Crippen MR) is 76.5 cm³/mol. The minimum Gasteiger partial charge on any atom is -0.481 e. The van der Waals surface area contributed by atoms with Crippen LogP contribution in [-0.4, -0.2) is 48.7 Å². The zero-order valence-electron chi connectivity index (χ0n) is 12.2. The molecule has 0 radical (unpaired) electrons. The van der Waals surface area contributed by atoms with E-state index in [1.807, 2.05) is 18.2 Å². The Morgan fingerprint density at radius 2 is 2.05 bits per heavy atom. The van der Waals surface area contributed by atoms with E-state index >= 15 is 0 Å². The third-order valence-corrected chi connectivity index (χ3v) is 4.97. The van der Waals surface area contributed by atoms with Gasteiger partial charge in [0.15, 0.2) is 0 Å². The average Bonchev–Trinajstić information content (AvgIpc) is 3.08. The molecule has 1 N–H and O–H groups in total. The molecule has 3 aliphatic rings. The summed E-state index contributed by atoms with van der Waals surface area (Å²) in [7, 11) is 1.66. The van der Waals surface area contributed by atoms with Crippen LogP contribution >= 0.6 is 0 Å². The van der Waals surface area contributed by atoms with Gasteiger partial charge in [-0.1, -0.05) is 18.2 Å². The van der Waals surface area contributed by atoms with E-state index in [-0.39, 0.29) is 23.7 Å². The summed E-state index contributed by atoms with van der Waals surface area (Å²) in [6.45, 7) is 1.84. The van der Waals surface area contributed by atoms with Crippen molar-refractivity contribution in [2.75, 3.05) is 26.8 Å². The molecule has 3 rings (SSSR count). The number of rotatable bonds is 4. The molecule has 4 atom stereocenters. The first-order valence-electron chi connectivity index (χ1n) is 7.48. The highest BCUT2D eigenvalue weighted by Crippen LogP contribution is 2.48. The van der Waals surface area contributed by atoms with Crippen molar-refractivity contribution in [1.82, 2.24) is 4.90 Å². The number of hydrogen-bond donors (Lipinski definition) is 1. The molecule has 1 fully saturated rings. The van der Waals surface area contributed by atoms with Crippen molar-refractivity contribution < 1.29 is 19.4 Å². The van der Waals surface area contributed by atoms with Crippen LogP contribution < -0.4 is 0 Å². The van der Waals surface area contributed by atoms with Gasteiger partial charge in [0.25, 0.3) is 0 Å². The zero-order chi connectivity index (χ0) is 15.0. The Bertz CT molecular complexity index is 510. The monoisotopic (exact) mass is 291 g/mol. The van der Waals surface area contributed by atoms with Gasteiger partial charge in [0, 0.05) is 20.2 Å². The van der Waals surface area contributed by atoms with Gasteiger partial charge >= 0.3 is 5.97 Å². The second-order valence-corrected chi connectivity index (χ2v) is 6.17. The largest absolute Gasteiger partial charge is 0.481 e. The fraction of sp³-hybridized carbons (Fsp3) is 0.625. The maximum absolute atomic E-state index is 12.7. The minimum absolute atomic E-state index is 0.00645. The highest BCUT2D eigenvalue weighted by atomic mass is 16.5. The summed E-state index contributed by atoms with van der Waals surface area (Å²) in [6, 6.07) is 0. The number of carbonyl (C=O) groups is 2. The number of carboxylic acids is 1. The quantitative estimate of drug-likeness (QED) is 0.793. The third-order valence-electron chi connectivity index (χ3n) is 4.97. The Morgan fingerprint density at radius 1 is 1.33 bits per heavy atom. The van der Waals surface area contributed by atoms with Gasteiger partial charge in [-0.05, 0) is 30.3 Å². The van der Waals surface area contributed by atoms with Gasteiger partial charge in [0.1, 0.15) is 0 Å². The second kappa shape index (κ2) is 5.64. The van der Waals surface area contributed by atoms with Crippen molar-refractivity contribution in [3.63, 3.8) is 0 Å². The number of hydrogen-bond acceptors (Lipinski definition) is 3. The number of aliphatic carboxylic acids is 1. The first-order valence-corrected chi connectivity index (χ1v) is 7.48. The lowest BCUT2D eigenvalue weighted by atomic mass is 9.82. The maximum atomic E-state index is 12.7. The van der Waals surface area contributed by atoms with E-state index in [4.69, 9.17) is 4.74 Å². The number of nitrogens with zero attached hydrogens (tertiary/aromatic N) is 1. The first-order chi connectivity index (χ1) is 10.1. The van der Waals surface area contributed by atoms with Gasteiger partial charge < -0.3 is 14.7 Å². The van der Waals surface area contributed by atoms with E-state index in [0.29, 0.717) is 19.7 Å². The maximum Gasteiger partial charge on any atom is 0.307 e. The number of allylic oxidation sites excluding steroid dienone is 2. The Kier molecular flexibility index (Phi) is 3.85. The summed E-state index contributed by atoms with van der Waals surface area (Å²) in [5.74, 6) is -1.62. The molecule has 0 aromatic carbocycles. The number of carbonyl (C=O) groups excluding carboxylic acids is 1. The molecule has 1 aliphatic heterocycles. The summed E-state index contributed by atoms with van der Waals surface area (Å²) in [5, 5.41) is 9.43. The van der Waals surface area contributed by atoms with Gasteiger partial charge in [-0.3, -0.25) is 9.59 Å². The zero-order valence-corrected chi connectivity index (χ0v) is 12.2. The van der Waals surface area contributed by atoms with E-state index in [1.54, 1.807) is 12.0 Å². The molecule has 5 nitrogen and oxygen atoms in total. The van der Waals surface area contributed by atoms with E-state index in [9.17, 15) is 14.7 Å². The fourth-order valence-corrected chi connectivity index (χ4v) is 3.93. The SMILES string of the molecule is COCC1=CCN(C(=O)C2C3C=CC(C3)C2C(=O)O)CC1. The van der Waals surface area contributed by atoms with Gasteiger partial charge in [-0.15, -0.1) is 0 Å². The van der Waals surface area contributed by atoms with Crippen LogP contribution in [0.3, 0.4) is 0 Å². The van der Waals surface area contributed by atoms with Crippen molar-refractivity contribution in [2.45, 2.75) is 12.8 Å². The molecule has 2 aliphatic carbocycles. The van der Waals surface area contributed by atoms with Gasteiger partial charge in [0.05, 0.1) is 18.4 Å². The van der Waals surface area contributed by atoms with Gasteiger partial charge in [-0.2, -0.15) is 0 Å². The van der Waals surface area contributed by atoms with Crippen LogP contribution in [-0.2, 0) is 14.3 Å². The van der Waals surface area contributed by atoms with Crippen molar-refractivity contribution >= 4 is 11.9 Å². The molecule has 0 saturated heterocycles. The smallest absolute Gasteiger partial charge is 0.307 e. The van der Waals surface area contributed by atoms with Crippen LogP contribution in [0, 0.1) is 23.7 Å². The van der Waals surface area contributed by atoms with Crippen LogP contribution in [0.4, 0.5) is 0 Å². The number of methoxy groups -OCH3 is 1. The molecule has 114 valence electrons. The molecule has 1 saturated carbocycles. The summed E-state index contributed by atoms with van der Waals surface area (Å²) < 4.78 is 5.11. The number of ether oxygens (including phenoxy) is 1. The van der Waals surface area contributed by atoms with E-state index in [2.05, 4.69) is 0 Å². The van der Waals surface area contributed by atoms with Gasteiger partial charge in [0.2, 0.25) is 5.91 Å². The number of fused-ring (bicyclic) bond motifs is 2. The minimum atomic E-state index is -0.835. The van der Waals surface area contributed by atoms with E-state index in [1.165, 1.54) is 5.57 Å². The summed E-state index contributed by atoms with van der Waals surface area (Å²) in [4.78, 5) is 26.0. The molecule has 1 heterocycles. The van der Waals surface area contributed by atoms with Crippen LogP contribution in [0.15, 0.2) is 23.8 Å². The number of amides is 1. The Labute approximate surface area is 124 Å². The molecule has 0 spiro atoms. The topological polar surface area (TPSA) is 66.8 Å². The van der Waals surface area contributed by atoms with Crippen LogP contribution in [0.2, 0.25) is 0 Å². The van der Waals surface area contributed by atoms with Crippen LogP contribution in [0.5, 0.6) is 0 Å². The number of carboxylic acid groups (broad SMARTS) is 1. The Hall–Kier alpha value is -1.62. The lowest BCUT2D eigenvalue weighted by Gasteiger charge is -2.32. The summed E-state index contributed by atoms with van der Waals surface area (Å²) in [5.41, 5.74) is 1.21. The van der Waals surface area contributed by atoms with Gasteiger partial charge in [-0.25, -0.2) is 0 Å². The molecule has 1 amide bonds. The third kappa shape index (κ3) is 2.50. The van der Waals surface area contributed by atoms with Crippen LogP contribution in [0.1, 0.15) is 12.8 Å². The van der Waals surface area contributed by atoms with E-state index in [0.717, 1.165) is 12.8 Å². The summed E-state index contributed by atoms with van der Waals surface area (Å²) in [6.07, 6.45) is 7.66. The summed E-state index contributed by atoms with van der Waals surface area (Å²) >= 11 is 0. The van der Waals surface area contributed by atoms with Crippen molar-refractivity contribution in [2.24, 2.45) is 23.7 Å². The van der Waals surface area contributed by atoms with Crippen molar-refractivity contribution in [3.8, 4) is 0 Å². The molecule has 0 aromatic heterocycles. The van der Waals surface area contributed by atoms with E-state index < -0.39 is 11.9 Å². The average molecular weight is 291 g/mol. The Morgan fingerprint density at radius 3 is 2.62 bits per heavy atom. The van der Waals surface area contributed by atoms with Crippen molar-refractivity contribution in [1.29, 1.82) is 0 Å². The van der Waals surface area contributed by atoms with Crippen molar-refractivity contribution in [3.05, 3.63) is 23.8 Å².